The predicted octanol–water partition coefficient (Wildman–Crippen LogP) is 2.29. The minimum Gasteiger partial charge on any atom is -0.382 e. The quantitative estimate of drug-likeness (QED) is 0.479. The zero-order valence-electron chi connectivity index (χ0n) is 13.1. The number of anilines is 2. The molecule has 25 heavy (non-hydrogen) atoms. The highest BCUT2D eigenvalue weighted by atomic mass is 32.2. The number of carbonyl (C=O) groups excluding carboxylic acids is 1. The molecule has 0 spiro atoms. The molecule has 4 N–H and O–H groups in total. The lowest BCUT2D eigenvalue weighted by atomic mass is 10.2. The third-order valence-electron chi connectivity index (χ3n) is 3.28. The molecule has 7 nitrogen and oxygen atoms in total. The van der Waals surface area contributed by atoms with Crippen molar-refractivity contribution in [3.8, 4) is 0 Å². The van der Waals surface area contributed by atoms with E-state index in [0.29, 0.717) is 16.5 Å². The summed E-state index contributed by atoms with van der Waals surface area (Å²) < 4.78 is 0. The van der Waals surface area contributed by atoms with Crippen molar-refractivity contribution >= 4 is 29.2 Å². The van der Waals surface area contributed by atoms with Gasteiger partial charge in [0, 0.05) is 17.5 Å². The van der Waals surface area contributed by atoms with Crippen LogP contribution in [0.5, 0.6) is 0 Å². The number of H-pyrrole nitrogens is 1. The summed E-state index contributed by atoms with van der Waals surface area (Å²) in [6, 6.07) is 14.1. The smallest absolute Gasteiger partial charge is 0.277 e. The van der Waals surface area contributed by atoms with Crippen molar-refractivity contribution in [2.75, 3.05) is 11.1 Å². The largest absolute Gasteiger partial charge is 0.382 e. The fourth-order valence-corrected chi connectivity index (χ4v) is 2.84. The van der Waals surface area contributed by atoms with E-state index < -0.39 is 11.5 Å². The Kier molecular flexibility index (Phi) is 5.10. The monoisotopic (exact) mass is 353 g/mol. The highest BCUT2D eigenvalue weighted by Gasteiger charge is 2.14. The molecule has 0 saturated heterocycles. The lowest BCUT2D eigenvalue weighted by Crippen LogP contribution is -2.23. The van der Waals surface area contributed by atoms with E-state index in [1.54, 1.807) is 36.5 Å². The molecular formula is C17H15N5O2S. The molecule has 0 aliphatic carbocycles. The van der Waals surface area contributed by atoms with Crippen LogP contribution in [0.25, 0.3) is 0 Å². The molecule has 0 aliphatic rings. The number of hydrogen-bond acceptors (Lipinski definition) is 6. The molecule has 0 radical (unpaired) electrons. The van der Waals surface area contributed by atoms with Crippen LogP contribution >= 0.6 is 11.8 Å². The molecule has 2 aromatic heterocycles. The summed E-state index contributed by atoms with van der Waals surface area (Å²) in [4.78, 5) is 35.3. The van der Waals surface area contributed by atoms with Crippen LogP contribution in [-0.4, -0.2) is 20.9 Å². The molecule has 0 fully saturated rings. The van der Waals surface area contributed by atoms with Gasteiger partial charge in [-0.25, -0.2) is 4.98 Å². The van der Waals surface area contributed by atoms with E-state index in [9.17, 15) is 9.59 Å². The molecule has 1 amide bonds. The number of thioether (sulfide) groups is 1. The first-order valence-electron chi connectivity index (χ1n) is 7.42. The maximum atomic E-state index is 12.2. The van der Waals surface area contributed by atoms with Gasteiger partial charge in [-0.2, -0.15) is 0 Å². The molecule has 0 unspecified atom stereocenters. The van der Waals surface area contributed by atoms with E-state index in [2.05, 4.69) is 20.3 Å². The van der Waals surface area contributed by atoms with Crippen LogP contribution in [0.2, 0.25) is 0 Å². The number of rotatable bonds is 5. The van der Waals surface area contributed by atoms with Gasteiger partial charge in [0.2, 0.25) is 0 Å². The average molecular weight is 353 g/mol. The maximum absolute atomic E-state index is 12.2. The van der Waals surface area contributed by atoms with Gasteiger partial charge >= 0.3 is 0 Å². The molecule has 0 bridgehead atoms. The van der Waals surface area contributed by atoms with Crippen LogP contribution in [0.4, 0.5) is 11.5 Å². The number of aromatic amines is 1. The Labute approximate surface area is 147 Å². The molecule has 0 atom stereocenters. The predicted molar refractivity (Wildman–Crippen MR) is 97.5 cm³/mol. The summed E-state index contributed by atoms with van der Waals surface area (Å²) in [7, 11) is 0. The summed E-state index contributed by atoms with van der Waals surface area (Å²) in [6.07, 6.45) is 1.70. The van der Waals surface area contributed by atoms with E-state index in [1.807, 2.05) is 18.2 Å². The lowest BCUT2D eigenvalue weighted by Gasteiger charge is -2.08. The number of benzene rings is 1. The maximum Gasteiger partial charge on any atom is 0.277 e. The number of hydrogen-bond donors (Lipinski definition) is 3. The lowest BCUT2D eigenvalue weighted by molar-refractivity contribution is 0.102. The van der Waals surface area contributed by atoms with Gasteiger partial charge in [0.25, 0.3) is 11.5 Å². The van der Waals surface area contributed by atoms with E-state index in [0.717, 1.165) is 5.69 Å². The minimum absolute atomic E-state index is 0.0310. The summed E-state index contributed by atoms with van der Waals surface area (Å²) >= 11 is 1.30. The Morgan fingerprint density at radius 1 is 1.16 bits per heavy atom. The Morgan fingerprint density at radius 2 is 1.92 bits per heavy atom. The Balaban J connectivity index is 1.74. The second kappa shape index (κ2) is 7.63. The van der Waals surface area contributed by atoms with E-state index in [-0.39, 0.29) is 11.5 Å². The first-order valence-corrected chi connectivity index (χ1v) is 8.41. The number of nitrogens with one attached hydrogen (secondary N) is 2. The molecule has 126 valence electrons. The minimum atomic E-state index is -0.500. The zero-order chi connectivity index (χ0) is 17.6. The van der Waals surface area contributed by atoms with E-state index in [1.165, 1.54) is 11.8 Å². The molecule has 1 aromatic carbocycles. The van der Waals surface area contributed by atoms with Gasteiger partial charge in [-0.3, -0.25) is 19.6 Å². The third-order valence-corrected chi connectivity index (χ3v) is 4.19. The number of nitrogens with zero attached hydrogens (tertiary/aromatic N) is 2. The van der Waals surface area contributed by atoms with Gasteiger partial charge in [-0.05, 0) is 24.3 Å². The molecule has 0 aliphatic heterocycles. The van der Waals surface area contributed by atoms with Crippen LogP contribution in [0.15, 0.2) is 64.7 Å². The van der Waals surface area contributed by atoms with Crippen molar-refractivity contribution in [3.63, 3.8) is 0 Å². The van der Waals surface area contributed by atoms with E-state index >= 15 is 0 Å². The van der Waals surface area contributed by atoms with Gasteiger partial charge < -0.3 is 11.1 Å². The number of pyridine rings is 1. The van der Waals surface area contributed by atoms with Crippen LogP contribution in [0.3, 0.4) is 0 Å². The Hall–Kier alpha value is -3.13. The van der Waals surface area contributed by atoms with Crippen molar-refractivity contribution in [1.29, 1.82) is 0 Å². The van der Waals surface area contributed by atoms with Crippen molar-refractivity contribution in [1.82, 2.24) is 15.0 Å². The van der Waals surface area contributed by atoms with Gasteiger partial charge in [0.05, 0.1) is 5.69 Å². The molecule has 3 aromatic rings. The zero-order valence-corrected chi connectivity index (χ0v) is 13.9. The van der Waals surface area contributed by atoms with Crippen LogP contribution < -0.4 is 16.6 Å². The first kappa shape index (κ1) is 16.7. The van der Waals surface area contributed by atoms with Gasteiger partial charge in [-0.15, -0.1) is 0 Å². The number of nitrogens with two attached hydrogens (primary N) is 1. The number of amides is 1. The SMILES string of the molecule is Nc1nc(SCc2ccccn2)[nH]c(=O)c1NC(=O)c1ccccc1. The molecule has 2 heterocycles. The van der Waals surface area contributed by atoms with Crippen LogP contribution in [-0.2, 0) is 5.75 Å². The van der Waals surface area contributed by atoms with Gasteiger partial charge in [-0.1, -0.05) is 36.0 Å². The highest BCUT2D eigenvalue weighted by Crippen LogP contribution is 2.20. The molecule has 8 heteroatoms. The second-order valence-corrected chi connectivity index (χ2v) is 6.03. The van der Waals surface area contributed by atoms with Gasteiger partial charge in [0.15, 0.2) is 11.0 Å². The summed E-state index contributed by atoms with van der Waals surface area (Å²) in [5.74, 6) is 0.0870. The van der Waals surface area contributed by atoms with E-state index in [4.69, 9.17) is 5.73 Å². The summed E-state index contributed by atoms with van der Waals surface area (Å²) in [6.45, 7) is 0. The second-order valence-electron chi connectivity index (χ2n) is 5.06. The fraction of sp³-hybridized carbons (Fsp3) is 0.0588. The molecular weight excluding hydrogens is 338 g/mol. The van der Waals surface area contributed by atoms with Crippen LogP contribution in [0.1, 0.15) is 16.1 Å². The van der Waals surface area contributed by atoms with Crippen molar-refractivity contribution in [3.05, 3.63) is 76.3 Å². The third kappa shape index (κ3) is 4.24. The molecule has 0 saturated carbocycles. The average Bonchev–Trinajstić information content (AvgIpc) is 2.64. The standard InChI is InChI=1S/C17H15N5O2S/c18-14-13(20-15(23)11-6-2-1-3-7-11)16(24)22-17(21-14)25-10-12-8-4-5-9-19-12/h1-9H,10H2,(H,20,23)(H3,18,21,22,24). The Morgan fingerprint density at radius 3 is 2.60 bits per heavy atom. The van der Waals surface area contributed by atoms with Crippen LogP contribution in [0, 0.1) is 0 Å². The number of carbonyl (C=O) groups is 1. The van der Waals surface area contributed by atoms with Crippen molar-refractivity contribution < 1.29 is 4.79 Å². The molecule has 3 rings (SSSR count). The topological polar surface area (TPSA) is 114 Å². The van der Waals surface area contributed by atoms with Crippen molar-refractivity contribution in [2.24, 2.45) is 0 Å². The normalized spacial score (nSPS) is 10.4. The Bertz CT molecular complexity index is 929. The summed E-state index contributed by atoms with van der Waals surface area (Å²) in [5.41, 5.74) is 6.57. The first-order chi connectivity index (χ1) is 12.1. The number of nitrogen functional groups attached to an aromatic ring is 1. The highest BCUT2D eigenvalue weighted by molar-refractivity contribution is 7.98. The van der Waals surface area contributed by atoms with Crippen molar-refractivity contribution in [2.45, 2.75) is 10.9 Å². The summed E-state index contributed by atoms with van der Waals surface area (Å²) in [5, 5.41) is 2.87. The number of aromatic nitrogens is 3. The fourth-order valence-electron chi connectivity index (χ4n) is 2.06. The van der Waals surface area contributed by atoms with Gasteiger partial charge in [0.1, 0.15) is 5.69 Å².